The molecule has 2 rings (SSSR count). The van der Waals surface area contributed by atoms with Gasteiger partial charge in [-0.25, -0.2) is 8.78 Å². The van der Waals surface area contributed by atoms with Crippen molar-refractivity contribution in [3.05, 3.63) is 59.7 Å². The van der Waals surface area contributed by atoms with Gasteiger partial charge in [0.05, 0.1) is 6.61 Å². The molecule has 0 aliphatic heterocycles. The molecule has 0 aliphatic carbocycles. The number of hydrogen-bond acceptors (Lipinski definition) is 3. The van der Waals surface area contributed by atoms with E-state index in [1.54, 1.807) is 12.1 Å². The second-order valence-electron chi connectivity index (χ2n) is 7.18. The monoisotopic (exact) mass is 378 g/mol. The number of alkyl halides is 2. The maximum absolute atomic E-state index is 13.1. The lowest BCUT2D eigenvalue weighted by molar-refractivity contribution is -0.0801. The summed E-state index contributed by atoms with van der Waals surface area (Å²) in [6.07, 6.45) is 2.13. The Bertz CT molecular complexity index is 695. The molecule has 3 nitrogen and oxygen atoms in total. The van der Waals surface area contributed by atoms with Gasteiger partial charge >= 0.3 is 5.92 Å². The highest BCUT2D eigenvalue weighted by atomic mass is 19.3. The average molecular weight is 378 g/mol. The van der Waals surface area contributed by atoms with E-state index in [2.05, 4.69) is 20.8 Å². The predicted octanol–water partition coefficient (Wildman–Crippen LogP) is 5.20. The molecule has 0 saturated carbocycles. The topological polar surface area (TPSA) is 38.7 Å². The first-order valence-electron chi connectivity index (χ1n) is 9.24. The van der Waals surface area contributed by atoms with E-state index in [1.807, 2.05) is 36.4 Å². The Kier molecular flexibility index (Phi) is 7.19. The Hall–Kier alpha value is -2.14. The van der Waals surface area contributed by atoms with Crippen LogP contribution in [0.25, 0.3) is 0 Å². The van der Waals surface area contributed by atoms with E-state index in [4.69, 9.17) is 14.6 Å². The largest absolute Gasteiger partial charge is 0.494 e. The van der Waals surface area contributed by atoms with Gasteiger partial charge in [-0.15, -0.1) is 0 Å². The van der Waals surface area contributed by atoms with Crippen molar-refractivity contribution in [3.63, 3.8) is 0 Å². The van der Waals surface area contributed by atoms with Crippen molar-refractivity contribution in [2.45, 2.75) is 45.0 Å². The number of aliphatic hydroxyl groups is 1. The first kappa shape index (κ1) is 21.2. The van der Waals surface area contributed by atoms with Crippen molar-refractivity contribution < 1.29 is 23.4 Å². The molecule has 0 saturated heterocycles. The maximum Gasteiger partial charge on any atom is 0.303 e. The highest BCUT2D eigenvalue weighted by molar-refractivity contribution is 5.41. The number of ether oxygens (including phenoxy) is 2. The third-order valence-corrected chi connectivity index (χ3v) is 4.60. The normalized spacial score (nSPS) is 12.1. The summed E-state index contributed by atoms with van der Waals surface area (Å²) >= 11 is 0. The van der Waals surface area contributed by atoms with Crippen molar-refractivity contribution in [1.29, 1.82) is 0 Å². The van der Waals surface area contributed by atoms with E-state index >= 15 is 0 Å². The molecule has 0 atom stereocenters. The van der Waals surface area contributed by atoms with Crippen LogP contribution in [0.15, 0.2) is 48.5 Å². The fraction of sp³-hybridized carbons (Fsp3) is 0.455. The van der Waals surface area contributed by atoms with Gasteiger partial charge in [0.2, 0.25) is 0 Å². The fourth-order valence-corrected chi connectivity index (χ4v) is 2.67. The smallest absolute Gasteiger partial charge is 0.303 e. The second-order valence-corrected chi connectivity index (χ2v) is 7.18. The fourth-order valence-electron chi connectivity index (χ4n) is 2.67. The Morgan fingerprint density at radius 3 is 1.78 bits per heavy atom. The summed E-state index contributed by atoms with van der Waals surface area (Å²) in [7, 11) is 0. The minimum atomic E-state index is -3.24. The van der Waals surface area contributed by atoms with Crippen molar-refractivity contribution in [2.24, 2.45) is 0 Å². The molecule has 5 heteroatoms. The lowest BCUT2D eigenvalue weighted by Gasteiger charge is -2.26. The van der Waals surface area contributed by atoms with E-state index in [0.717, 1.165) is 36.3 Å². The summed E-state index contributed by atoms with van der Waals surface area (Å²) in [6.45, 7) is 4.99. The summed E-state index contributed by atoms with van der Waals surface area (Å²) in [6, 6.07) is 15.1. The summed E-state index contributed by atoms with van der Waals surface area (Å²) < 4.78 is 36.9. The molecule has 0 bridgehead atoms. The van der Waals surface area contributed by atoms with Crippen LogP contribution in [0.2, 0.25) is 0 Å². The molecule has 0 radical (unpaired) electrons. The zero-order chi connectivity index (χ0) is 19.9. The zero-order valence-electron chi connectivity index (χ0n) is 16.2. The molecule has 0 unspecified atom stereocenters. The van der Waals surface area contributed by atoms with Crippen LogP contribution in [0, 0.1) is 0 Å². The Balaban J connectivity index is 2.05. The van der Waals surface area contributed by atoms with E-state index in [-0.39, 0.29) is 5.41 Å². The molecule has 0 aromatic heterocycles. The van der Waals surface area contributed by atoms with Gasteiger partial charge in [0.1, 0.15) is 18.1 Å². The molecule has 0 aliphatic rings. The van der Waals surface area contributed by atoms with Crippen LogP contribution in [-0.2, 0) is 5.41 Å². The van der Waals surface area contributed by atoms with Gasteiger partial charge in [-0.3, -0.25) is 0 Å². The van der Waals surface area contributed by atoms with Crippen molar-refractivity contribution in [3.8, 4) is 11.5 Å². The van der Waals surface area contributed by atoms with Crippen LogP contribution in [0.1, 0.15) is 44.7 Å². The molecule has 2 aromatic rings. The van der Waals surface area contributed by atoms with Crippen LogP contribution in [0.4, 0.5) is 8.78 Å². The van der Waals surface area contributed by atoms with E-state index in [9.17, 15) is 8.78 Å². The highest BCUT2D eigenvalue weighted by Gasteiger charge is 2.29. The minimum absolute atomic E-state index is 0.254. The standard InChI is InChI=1S/C22H28F2O3/c1-4-5-14-26-19-10-6-17(7-11-19)21(2,3)18-8-12-20(13-9-18)27-16-22(23,24)15-25/h6-13,25H,4-5,14-16H2,1-3H3. The lowest BCUT2D eigenvalue weighted by Crippen LogP contribution is -2.29. The first-order chi connectivity index (χ1) is 12.8. The maximum atomic E-state index is 13.1. The minimum Gasteiger partial charge on any atom is -0.494 e. The van der Waals surface area contributed by atoms with Crippen molar-refractivity contribution in [2.75, 3.05) is 19.8 Å². The lowest BCUT2D eigenvalue weighted by atomic mass is 9.78. The number of unbranched alkanes of at least 4 members (excludes halogenated alkanes) is 1. The molecule has 0 spiro atoms. The van der Waals surface area contributed by atoms with Crippen LogP contribution >= 0.6 is 0 Å². The molecule has 0 fully saturated rings. The molecule has 2 aromatic carbocycles. The van der Waals surface area contributed by atoms with Crippen LogP contribution in [0.3, 0.4) is 0 Å². The zero-order valence-corrected chi connectivity index (χ0v) is 16.2. The third-order valence-electron chi connectivity index (χ3n) is 4.60. The number of halogens is 2. The SMILES string of the molecule is CCCCOc1ccc(C(C)(C)c2ccc(OCC(F)(F)CO)cc2)cc1. The Morgan fingerprint density at radius 2 is 1.33 bits per heavy atom. The molecule has 148 valence electrons. The molecule has 0 amide bonds. The number of rotatable bonds is 10. The van der Waals surface area contributed by atoms with Gasteiger partial charge in [0.15, 0.2) is 6.61 Å². The van der Waals surface area contributed by atoms with Gasteiger partial charge in [-0.05, 0) is 41.8 Å². The molecule has 0 heterocycles. The second kappa shape index (κ2) is 9.18. The van der Waals surface area contributed by atoms with Gasteiger partial charge in [0, 0.05) is 5.41 Å². The summed E-state index contributed by atoms with van der Waals surface area (Å²) in [5.41, 5.74) is 1.92. The Labute approximate surface area is 159 Å². The van der Waals surface area contributed by atoms with Crippen LogP contribution in [-0.4, -0.2) is 30.8 Å². The average Bonchev–Trinajstić information content (AvgIpc) is 2.67. The molecule has 1 N–H and O–H groups in total. The van der Waals surface area contributed by atoms with Gasteiger partial charge in [0.25, 0.3) is 0 Å². The van der Waals surface area contributed by atoms with E-state index < -0.39 is 19.1 Å². The first-order valence-corrected chi connectivity index (χ1v) is 9.24. The van der Waals surface area contributed by atoms with Gasteiger partial charge in [-0.2, -0.15) is 0 Å². The number of benzene rings is 2. The van der Waals surface area contributed by atoms with Crippen molar-refractivity contribution in [1.82, 2.24) is 0 Å². The number of aliphatic hydroxyl groups excluding tert-OH is 1. The van der Waals surface area contributed by atoms with Crippen molar-refractivity contribution >= 4 is 0 Å². The predicted molar refractivity (Wildman–Crippen MR) is 103 cm³/mol. The summed E-state index contributed by atoms with van der Waals surface area (Å²) in [5, 5.41) is 8.59. The quantitative estimate of drug-likeness (QED) is 0.578. The molecular weight excluding hydrogens is 350 g/mol. The number of hydrogen-bond donors (Lipinski definition) is 1. The molecule has 27 heavy (non-hydrogen) atoms. The van der Waals surface area contributed by atoms with Crippen LogP contribution in [0.5, 0.6) is 11.5 Å². The Morgan fingerprint density at radius 1 is 0.852 bits per heavy atom. The highest BCUT2D eigenvalue weighted by Crippen LogP contribution is 2.33. The van der Waals surface area contributed by atoms with Gasteiger partial charge < -0.3 is 14.6 Å². The van der Waals surface area contributed by atoms with E-state index in [1.165, 1.54) is 0 Å². The van der Waals surface area contributed by atoms with E-state index in [0.29, 0.717) is 5.75 Å². The summed E-state index contributed by atoms with van der Waals surface area (Å²) in [4.78, 5) is 0. The van der Waals surface area contributed by atoms with Gasteiger partial charge in [-0.1, -0.05) is 51.5 Å². The van der Waals surface area contributed by atoms with Crippen LogP contribution < -0.4 is 9.47 Å². The molecular formula is C22H28F2O3. The third kappa shape index (κ3) is 5.93. The summed E-state index contributed by atoms with van der Waals surface area (Å²) in [5.74, 6) is -2.03.